The molecule has 5 heterocycles. The summed E-state index contributed by atoms with van der Waals surface area (Å²) in [5.41, 5.74) is 0.876. The molecule has 1 aromatic rings. The molecule has 1 N–H and O–H groups in total. The Morgan fingerprint density at radius 3 is 1.62 bits per heavy atom. The third kappa shape index (κ3) is 9.34. The molecule has 9 unspecified atom stereocenters. The molecule has 5 aliphatic rings. The van der Waals surface area contributed by atoms with Crippen LogP contribution in [-0.4, -0.2) is 96.2 Å². The summed E-state index contributed by atoms with van der Waals surface area (Å²) in [5, 5.41) is 2.92. The van der Waals surface area contributed by atoms with Crippen LogP contribution in [0.15, 0.2) is 30.3 Å². The summed E-state index contributed by atoms with van der Waals surface area (Å²) >= 11 is 18.3. The van der Waals surface area contributed by atoms with Gasteiger partial charge in [-0.05, 0) is 51.4 Å². The summed E-state index contributed by atoms with van der Waals surface area (Å²) in [6.07, 6.45) is -5.38. The highest BCUT2D eigenvalue weighted by Crippen LogP contribution is 2.44. The average Bonchev–Trinajstić information content (AvgIpc) is 3.14. The molecule has 0 aliphatic carbocycles. The Morgan fingerprint density at radius 1 is 0.600 bits per heavy atom. The number of nitrogens with one attached hydrogen (secondary N) is 1. The fraction of sp³-hybridized carbons (Fsp3) is 0.829. The first-order valence-corrected chi connectivity index (χ1v) is 21.3. The number of benzene rings is 1. The lowest BCUT2D eigenvalue weighted by molar-refractivity contribution is -0.384. The SMILES string of the molecule is CC1[C@H](C)OC(C)[C@H](C)[C@@H]1O[C@@H]1OC(C)[C@H](C)[C@H](C)C1O[C@@H]1OC(C)[C@H](C)[C@H](C)C1O[C@@H]1OC2COC(c3ccccc3)O[C@H]2[C@H](C)C1NC(=O)C(Cl)(Cl)Cl. The Kier molecular flexibility index (Phi) is 14.2. The normalized spacial score (nSPS) is 48.1. The molecule has 6 rings (SSSR count). The van der Waals surface area contributed by atoms with Crippen LogP contribution in [0, 0.1) is 41.4 Å². The van der Waals surface area contributed by atoms with Crippen LogP contribution in [0.1, 0.15) is 88.0 Å². The Morgan fingerprint density at radius 2 is 1.09 bits per heavy atom. The lowest BCUT2D eigenvalue weighted by atomic mass is 9.81. The van der Waals surface area contributed by atoms with Crippen molar-refractivity contribution in [2.45, 2.75) is 166 Å². The van der Waals surface area contributed by atoms with Gasteiger partial charge in [0.05, 0.1) is 49.3 Å². The Hall–Kier alpha value is -0.800. The van der Waals surface area contributed by atoms with Crippen LogP contribution in [0.2, 0.25) is 0 Å². The van der Waals surface area contributed by atoms with Crippen molar-refractivity contribution >= 4 is 40.7 Å². The van der Waals surface area contributed by atoms with Gasteiger partial charge in [-0.15, -0.1) is 0 Å². The molecule has 312 valence electrons. The van der Waals surface area contributed by atoms with Crippen molar-refractivity contribution in [3.05, 3.63) is 35.9 Å². The average molecular weight is 835 g/mol. The number of carbonyl (C=O) groups excluding carboxylic acids is 1. The number of fused-ring (bicyclic) bond motifs is 1. The van der Waals surface area contributed by atoms with Gasteiger partial charge in [-0.3, -0.25) is 4.79 Å². The number of carbonyl (C=O) groups is 1. The first kappa shape index (κ1) is 43.8. The van der Waals surface area contributed by atoms with Crippen molar-refractivity contribution in [1.29, 1.82) is 0 Å². The highest BCUT2D eigenvalue weighted by Gasteiger charge is 2.54. The maximum atomic E-state index is 13.3. The minimum absolute atomic E-state index is 0.0345. The van der Waals surface area contributed by atoms with Gasteiger partial charge in [0, 0.05) is 23.3 Å². The van der Waals surface area contributed by atoms with Gasteiger partial charge in [-0.1, -0.05) is 114 Å². The smallest absolute Gasteiger partial charge is 0.272 e. The Balaban J connectivity index is 1.27. The molecule has 55 heavy (non-hydrogen) atoms. The van der Waals surface area contributed by atoms with E-state index in [2.05, 4.69) is 74.6 Å². The molecular weight excluding hydrogens is 773 g/mol. The summed E-state index contributed by atoms with van der Waals surface area (Å²) < 4.78 is 57.6. The largest absolute Gasteiger partial charge is 0.375 e. The number of ether oxygens (including phenoxy) is 9. The van der Waals surface area contributed by atoms with Crippen LogP contribution in [0.3, 0.4) is 0 Å². The van der Waals surface area contributed by atoms with E-state index in [4.69, 9.17) is 77.4 Å². The van der Waals surface area contributed by atoms with Gasteiger partial charge in [0.2, 0.25) is 0 Å². The van der Waals surface area contributed by atoms with Crippen LogP contribution < -0.4 is 5.32 Å². The fourth-order valence-corrected chi connectivity index (χ4v) is 9.02. The fourth-order valence-electron chi connectivity index (χ4n) is 8.85. The zero-order valence-corrected chi connectivity index (χ0v) is 36.2. The molecular formula is C41H62Cl3NO10. The maximum absolute atomic E-state index is 13.3. The molecule has 1 amide bonds. The summed E-state index contributed by atoms with van der Waals surface area (Å²) in [6.45, 7) is 23.5. The summed E-state index contributed by atoms with van der Waals surface area (Å²) in [6, 6.07) is 8.92. The molecule has 21 atom stereocenters. The van der Waals surface area contributed by atoms with E-state index >= 15 is 0 Å². The maximum Gasteiger partial charge on any atom is 0.272 e. The van der Waals surface area contributed by atoms with E-state index in [1.807, 2.05) is 37.3 Å². The molecule has 0 spiro atoms. The van der Waals surface area contributed by atoms with Gasteiger partial charge in [0.1, 0.15) is 18.3 Å². The molecule has 11 nitrogen and oxygen atoms in total. The van der Waals surface area contributed by atoms with E-state index in [-0.39, 0.29) is 78.6 Å². The van der Waals surface area contributed by atoms with Gasteiger partial charge in [-0.25, -0.2) is 0 Å². The van der Waals surface area contributed by atoms with Crippen LogP contribution in [0.4, 0.5) is 0 Å². The minimum atomic E-state index is -2.21. The number of alkyl halides is 3. The topological polar surface area (TPSA) is 112 Å². The summed E-state index contributed by atoms with van der Waals surface area (Å²) in [5.74, 6) is -0.568. The van der Waals surface area contributed by atoms with E-state index < -0.39 is 65.3 Å². The molecule has 5 fully saturated rings. The van der Waals surface area contributed by atoms with E-state index in [1.165, 1.54) is 0 Å². The number of hydrogen-bond acceptors (Lipinski definition) is 10. The van der Waals surface area contributed by atoms with Crippen LogP contribution in [0.5, 0.6) is 0 Å². The van der Waals surface area contributed by atoms with Crippen molar-refractivity contribution in [3.63, 3.8) is 0 Å². The van der Waals surface area contributed by atoms with Gasteiger partial charge in [0.15, 0.2) is 25.2 Å². The lowest BCUT2D eigenvalue weighted by Crippen LogP contribution is -2.66. The van der Waals surface area contributed by atoms with Crippen molar-refractivity contribution in [2.75, 3.05) is 6.61 Å². The van der Waals surface area contributed by atoms with Crippen molar-refractivity contribution in [1.82, 2.24) is 5.32 Å². The van der Waals surface area contributed by atoms with Crippen LogP contribution in [0.25, 0.3) is 0 Å². The van der Waals surface area contributed by atoms with Crippen molar-refractivity contribution in [3.8, 4) is 0 Å². The molecule has 5 saturated heterocycles. The van der Waals surface area contributed by atoms with E-state index in [0.29, 0.717) is 0 Å². The molecule has 5 aliphatic heterocycles. The summed E-state index contributed by atoms with van der Waals surface area (Å²) in [7, 11) is 0. The minimum Gasteiger partial charge on any atom is -0.375 e. The predicted molar refractivity (Wildman–Crippen MR) is 208 cm³/mol. The van der Waals surface area contributed by atoms with Crippen LogP contribution >= 0.6 is 34.8 Å². The van der Waals surface area contributed by atoms with Gasteiger partial charge < -0.3 is 47.9 Å². The lowest BCUT2D eigenvalue weighted by Gasteiger charge is -2.52. The second-order valence-electron chi connectivity index (χ2n) is 17.0. The Labute approximate surface area is 342 Å². The summed E-state index contributed by atoms with van der Waals surface area (Å²) in [4.78, 5) is 13.3. The molecule has 0 saturated carbocycles. The zero-order chi connectivity index (χ0) is 40.1. The molecule has 14 heteroatoms. The third-order valence-electron chi connectivity index (χ3n) is 13.6. The number of hydrogen-bond donors (Lipinski definition) is 1. The number of amides is 1. The van der Waals surface area contributed by atoms with E-state index in [9.17, 15) is 4.79 Å². The second-order valence-corrected chi connectivity index (χ2v) is 19.3. The molecule has 0 radical (unpaired) electrons. The molecule has 1 aromatic carbocycles. The predicted octanol–water partition coefficient (Wildman–Crippen LogP) is 7.59. The standard InChI is InChI=1S/C41H62Cl3NO10/c1-18-20(3)34(39(50-26(18)9)55-35-21(4)19(2)25(8)49-38(35)52-32-22(5)27(10)48-28(11)23(32)6)54-37-31(45-40(46)41(42,43)44)24(7)33-30(51-37)17-47-36(53-33)29-15-13-12-14-16-29/h12-16,18-28,30-39H,17H2,1-11H3,(H,45,46)/t18-,19-,20+,21+,22+,23?,24-,25?,26?,27?,28+,30?,31?,32+,33+,34?,35?,36?,37+,38+,39+/m1/s1. The van der Waals surface area contributed by atoms with Gasteiger partial charge in [0.25, 0.3) is 9.70 Å². The second kappa shape index (κ2) is 17.8. The third-order valence-corrected chi connectivity index (χ3v) is 14.1. The highest BCUT2D eigenvalue weighted by atomic mass is 35.6. The quantitative estimate of drug-likeness (QED) is 0.263. The van der Waals surface area contributed by atoms with Gasteiger partial charge >= 0.3 is 0 Å². The monoisotopic (exact) mass is 833 g/mol. The number of halogens is 3. The molecule has 0 aromatic heterocycles. The zero-order valence-electron chi connectivity index (χ0n) is 33.9. The first-order valence-electron chi connectivity index (χ1n) is 20.1. The first-order chi connectivity index (χ1) is 25.9. The van der Waals surface area contributed by atoms with Crippen molar-refractivity contribution < 1.29 is 47.4 Å². The van der Waals surface area contributed by atoms with Gasteiger partial charge in [-0.2, -0.15) is 0 Å². The van der Waals surface area contributed by atoms with Crippen molar-refractivity contribution in [2.24, 2.45) is 41.4 Å². The molecule has 0 bridgehead atoms. The van der Waals surface area contributed by atoms with E-state index in [0.717, 1.165) is 5.56 Å². The highest BCUT2D eigenvalue weighted by molar-refractivity contribution is 6.76. The Bertz CT molecular complexity index is 1410. The van der Waals surface area contributed by atoms with E-state index in [1.54, 1.807) is 0 Å². The number of rotatable bonds is 8. The van der Waals surface area contributed by atoms with Crippen LogP contribution in [-0.2, 0) is 47.4 Å².